The van der Waals surface area contributed by atoms with E-state index in [0.717, 1.165) is 38.6 Å². The van der Waals surface area contributed by atoms with Crippen LogP contribution in [0.3, 0.4) is 0 Å². The Labute approximate surface area is 85.7 Å². The summed E-state index contributed by atoms with van der Waals surface area (Å²) in [6, 6.07) is 0. The van der Waals surface area contributed by atoms with E-state index in [1.165, 1.54) is 0 Å². The first kappa shape index (κ1) is 11.1. The van der Waals surface area contributed by atoms with E-state index in [4.69, 9.17) is 11.6 Å². The number of piperazine rings is 1. The summed E-state index contributed by atoms with van der Waals surface area (Å²) in [5.41, 5.74) is 5.63. The van der Waals surface area contributed by atoms with Crippen molar-refractivity contribution in [2.45, 2.75) is 13.8 Å². The number of nitrogens with two attached hydrogens (primary N) is 2. The van der Waals surface area contributed by atoms with Crippen molar-refractivity contribution in [3.05, 3.63) is 0 Å². The molecule has 0 aromatic carbocycles. The van der Waals surface area contributed by atoms with Gasteiger partial charge in [-0.05, 0) is 5.92 Å². The number of guanidine groups is 1. The standard InChI is InChI=1S/C9H21N5/c1-8(2)7-13-3-5-14(6-4-13)9(10)12-11/h8H,3-7,11H2,1-2H3,(H2,10,12). The third-order valence-electron chi connectivity index (χ3n) is 2.45. The highest BCUT2D eigenvalue weighted by Gasteiger charge is 2.18. The second-order valence-electron chi connectivity index (χ2n) is 4.17. The molecule has 0 radical (unpaired) electrons. The summed E-state index contributed by atoms with van der Waals surface area (Å²) in [7, 11) is 0. The maximum absolute atomic E-state index is 5.63. The van der Waals surface area contributed by atoms with Gasteiger partial charge in [0.2, 0.25) is 5.96 Å². The summed E-state index contributed by atoms with van der Waals surface area (Å²) in [6.07, 6.45) is 0. The number of hydrogen-bond donors (Lipinski definition) is 2. The molecule has 0 aromatic rings. The van der Waals surface area contributed by atoms with Crippen LogP contribution in [0.5, 0.6) is 0 Å². The molecule has 0 spiro atoms. The Morgan fingerprint density at radius 3 is 2.29 bits per heavy atom. The van der Waals surface area contributed by atoms with Gasteiger partial charge < -0.3 is 16.5 Å². The van der Waals surface area contributed by atoms with Gasteiger partial charge in [-0.3, -0.25) is 4.90 Å². The van der Waals surface area contributed by atoms with E-state index in [0.29, 0.717) is 5.96 Å². The van der Waals surface area contributed by atoms with Crippen LogP contribution in [0.25, 0.3) is 0 Å². The number of rotatable bonds is 2. The molecule has 1 aliphatic rings. The zero-order chi connectivity index (χ0) is 10.6. The summed E-state index contributed by atoms with van der Waals surface area (Å²) >= 11 is 0. The van der Waals surface area contributed by atoms with Crippen molar-refractivity contribution >= 4 is 5.96 Å². The van der Waals surface area contributed by atoms with Crippen molar-refractivity contribution in [1.29, 1.82) is 0 Å². The lowest BCUT2D eigenvalue weighted by atomic mass is 10.2. The molecule has 0 aliphatic carbocycles. The van der Waals surface area contributed by atoms with Gasteiger partial charge in [-0.1, -0.05) is 13.8 Å². The molecule has 4 N–H and O–H groups in total. The minimum absolute atomic E-state index is 0.453. The lowest BCUT2D eigenvalue weighted by Gasteiger charge is -2.35. The quantitative estimate of drug-likeness (QED) is 0.271. The predicted octanol–water partition coefficient (Wildman–Crippen LogP) is -0.552. The van der Waals surface area contributed by atoms with Crippen molar-refractivity contribution in [3.8, 4) is 0 Å². The molecule has 1 fully saturated rings. The van der Waals surface area contributed by atoms with Gasteiger partial charge in [-0.25, -0.2) is 0 Å². The minimum atomic E-state index is 0.453. The highest BCUT2D eigenvalue weighted by atomic mass is 15.4. The normalized spacial score (nSPS) is 20.5. The Hall–Kier alpha value is -0.970. The molecule has 1 rings (SSSR count). The molecule has 0 amide bonds. The smallest absolute Gasteiger partial charge is 0.213 e. The second-order valence-corrected chi connectivity index (χ2v) is 4.17. The number of hydrogen-bond acceptors (Lipinski definition) is 3. The van der Waals surface area contributed by atoms with Crippen LogP contribution in [-0.2, 0) is 0 Å². The molecular weight excluding hydrogens is 178 g/mol. The lowest BCUT2D eigenvalue weighted by Crippen LogP contribution is -2.51. The average Bonchev–Trinajstić information content (AvgIpc) is 2.17. The molecule has 5 heteroatoms. The van der Waals surface area contributed by atoms with Crippen LogP contribution in [0.2, 0.25) is 0 Å². The predicted molar refractivity (Wildman–Crippen MR) is 58.7 cm³/mol. The van der Waals surface area contributed by atoms with Crippen LogP contribution >= 0.6 is 0 Å². The topological polar surface area (TPSA) is 70.9 Å². The van der Waals surface area contributed by atoms with E-state index in [9.17, 15) is 0 Å². The molecule has 1 aliphatic heterocycles. The number of nitrogens with zero attached hydrogens (tertiary/aromatic N) is 3. The van der Waals surface area contributed by atoms with E-state index >= 15 is 0 Å². The Balaban J connectivity index is 2.31. The fraction of sp³-hybridized carbons (Fsp3) is 0.889. The van der Waals surface area contributed by atoms with Gasteiger partial charge in [0.1, 0.15) is 0 Å². The Bertz CT molecular complexity index is 193. The van der Waals surface area contributed by atoms with Gasteiger partial charge in [0.15, 0.2) is 0 Å². The molecular formula is C9H21N5. The van der Waals surface area contributed by atoms with E-state index in [1.807, 2.05) is 4.90 Å². The molecule has 0 atom stereocenters. The van der Waals surface area contributed by atoms with Crippen LogP contribution < -0.4 is 11.6 Å². The molecule has 1 heterocycles. The Kier molecular flexibility index (Phi) is 4.00. The van der Waals surface area contributed by atoms with Crippen LogP contribution in [0.15, 0.2) is 5.10 Å². The Morgan fingerprint density at radius 1 is 1.29 bits per heavy atom. The van der Waals surface area contributed by atoms with Crippen LogP contribution in [0.4, 0.5) is 0 Å². The summed E-state index contributed by atoms with van der Waals surface area (Å²) < 4.78 is 0. The van der Waals surface area contributed by atoms with Gasteiger partial charge in [0, 0.05) is 32.7 Å². The maximum Gasteiger partial charge on any atom is 0.213 e. The molecule has 0 bridgehead atoms. The lowest BCUT2D eigenvalue weighted by molar-refractivity contribution is 0.165. The van der Waals surface area contributed by atoms with E-state index in [2.05, 4.69) is 23.8 Å². The van der Waals surface area contributed by atoms with E-state index in [1.54, 1.807) is 0 Å². The van der Waals surface area contributed by atoms with Crippen molar-refractivity contribution < 1.29 is 0 Å². The summed E-state index contributed by atoms with van der Waals surface area (Å²) in [5.74, 6) is 6.30. The van der Waals surface area contributed by atoms with E-state index < -0.39 is 0 Å². The fourth-order valence-electron chi connectivity index (χ4n) is 1.76. The largest absolute Gasteiger partial charge is 0.368 e. The average molecular weight is 199 g/mol. The minimum Gasteiger partial charge on any atom is -0.368 e. The zero-order valence-electron chi connectivity index (χ0n) is 9.11. The van der Waals surface area contributed by atoms with Gasteiger partial charge >= 0.3 is 0 Å². The van der Waals surface area contributed by atoms with Crippen LogP contribution in [0, 0.1) is 5.92 Å². The molecule has 0 aromatic heterocycles. The highest BCUT2D eigenvalue weighted by Crippen LogP contribution is 2.04. The van der Waals surface area contributed by atoms with Crippen molar-refractivity contribution in [3.63, 3.8) is 0 Å². The monoisotopic (exact) mass is 199 g/mol. The molecule has 0 saturated carbocycles. The second kappa shape index (κ2) is 5.05. The van der Waals surface area contributed by atoms with E-state index in [-0.39, 0.29) is 0 Å². The molecule has 1 saturated heterocycles. The first-order valence-corrected chi connectivity index (χ1v) is 5.14. The number of hydrazone groups is 1. The molecule has 14 heavy (non-hydrogen) atoms. The summed E-state index contributed by atoms with van der Waals surface area (Å²) in [6.45, 7) is 9.60. The maximum atomic E-state index is 5.63. The van der Waals surface area contributed by atoms with Gasteiger partial charge in [-0.15, -0.1) is 5.10 Å². The molecule has 0 unspecified atom stereocenters. The zero-order valence-corrected chi connectivity index (χ0v) is 9.11. The fourth-order valence-corrected chi connectivity index (χ4v) is 1.76. The first-order chi connectivity index (χ1) is 6.63. The van der Waals surface area contributed by atoms with Crippen LogP contribution in [0.1, 0.15) is 13.8 Å². The summed E-state index contributed by atoms with van der Waals surface area (Å²) in [5, 5.41) is 3.50. The van der Waals surface area contributed by atoms with Crippen molar-refractivity contribution in [1.82, 2.24) is 9.80 Å². The molecule has 82 valence electrons. The van der Waals surface area contributed by atoms with Gasteiger partial charge in [0.25, 0.3) is 0 Å². The van der Waals surface area contributed by atoms with Gasteiger partial charge in [-0.2, -0.15) is 0 Å². The summed E-state index contributed by atoms with van der Waals surface area (Å²) in [4.78, 5) is 4.47. The Morgan fingerprint density at radius 2 is 1.86 bits per heavy atom. The van der Waals surface area contributed by atoms with Crippen molar-refractivity contribution in [2.24, 2.45) is 22.6 Å². The van der Waals surface area contributed by atoms with Crippen LogP contribution in [-0.4, -0.2) is 48.5 Å². The third-order valence-corrected chi connectivity index (χ3v) is 2.45. The highest BCUT2D eigenvalue weighted by molar-refractivity contribution is 5.77. The third kappa shape index (κ3) is 3.06. The first-order valence-electron chi connectivity index (χ1n) is 5.14. The molecule has 5 nitrogen and oxygen atoms in total. The van der Waals surface area contributed by atoms with Gasteiger partial charge in [0.05, 0.1) is 0 Å². The van der Waals surface area contributed by atoms with Crippen molar-refractivity contribution in [2.75, 3.05) is 32.7 Å². The SMILES string of the molecule is CC(C)CN1CCN(C(N)=NN)CC1.